The molecule has 3 N–H and O–H groups in total. The number of rotatable bonds is 7. The van der Waals surface area contributed by atoms with E-state index < -0.39 is 74.5 Å². The first-order valence-electron chi connectivity index (χ1n) is 20.0. The van der Waals surface area contributed by atoms with Gasteiger partial charge in [-0.3, -0.25) is 19.1 Å². The van der Waals surface area contributed by atoms with Crippen LogP contribution in [0.2, 0.25) is 0 Å². The molecule has 4 heterocycles. The summed E-state index contributed by atoms with van der Waals surface area (Å²) < 4.78 is 67.2. The number of furan rings is 1. The van der Waals surface area contributed by atoms with E-state index in [4.69, 9.17) is 23.6 Å². The van der Waals surface area contributed by atoms with Crippen LogP contribution in [-0.2, 0) is 33.9 Å². The van der Waals surface area contributed by atoms with E-state index in [9.17, 15) is 32.0 Å². The summed E-state index contributed by atoms with van der Waals surface area (Å²) in [5.41, 5.74) is 0.110. The van der Waals surface area contributed by atoms with E-state index in [0.717, 1.165) is 12.8 Å². The van der Waals surface area contributed by atoms with Gasteiger partial charge in [-0.2, -0.15) is 0 Å². The molecule has 4 fully saturated rings. The first kappa shape index (κ1) is 38.2. The Morgan fingerprint density at radius 3 is 2.64 bits per heavy atom. The van der Waals surface area contributed by atoms with Crippen LogP contribution >= 0.6 is 0 Å². The SMILES string of the molecule is O=C(N[C@H]1COCCC/C=C\[C@H]2C[C@@]2(C(=O)NS(=O)(=O)C2CC2)NC(=O)[C@@H]2C[C@@H](Oc3c4cc(F)ccc4nc4c3oc3ccccc34)CN2C1=O)OC1CCCC1. The molecule has 1 saturated heterocycles. The molecule has 9 rings (SSSR count). The number of pyridine rings is 1. The minimum atomic E-state index is -3.95. The Hall–Kier alpha value is -5.29. The van der Waals surface area contributed by atoms with Crippen molar-refractivity contribution in [2.75, 3.05) is 19.8 Å². The lowest BCUT2D eigenvalue weighted by atomic mass is 10.1. The molecule has 3 saturated carbocycles. The second-order valence-electron chi connectivity index (χ2n) is 16.0. The van der Waals surface area contributed by atoms with E-state index in [0.29, 0.717) is 65.9 Å². The van der Waals surface area contributed by atoms with Gasteiger partial charge < -0.3 is 34.2 Å². The Balaban J connectivity index is 1.06. The number of ether oxygens (including phenoxy) is 3. The number of para-hydroxylation sites is 1. The molecule has 0 radical (unpaired) electrons. The third-order valence-corrected chi connectivity index (χ3v) is 13.6. The van der Waals surface area contributed by atoms with Crippen molar-refractivity contribution in [3.05, 3.63) is 60.4 Å². The van der Waals surface area contributed by atoms with Gasteiger partial charge in [0.05, 0.1) is 23.9 Å². The summed E-state index contributed by atoms with van der Waals surface area (Å²) in [4.78, 5) is 62.2. The maximum absolute atomic E-state index is 14.8. The lowest BCUT2D eigenvalue weighted by molar-refractivity contribution is -0.142. The fraction of sp³-hybridized carbons (Fsp3) is 0.488. The Labute approximate surface area is 333 Å². The Morgan fingerprint density at radius 1 is 1.02 bits per heavy atom. The molecular weight excluding hydrogens is 774 g/mol. The zero-order valence-electron chi connectivity index (χ0n) is 31.6. The fourth-order valence-electron chi connectivity index (χ4n) is 8.43. The van der Waals surface area contributed by atoms with Gasteiger partial charge in [0.1, 0.15) is 46.7 Å². The molecule has 0 unspecified atom stereocenters. The number of fused-ring (bicyclic) bond motifs is 6. The summed E-state index contributed by atoms with van der Waals surface area (Å²) in [6.45, 7) is -0.123. The average Bonchev–Trinajstić information content (AvgIpc) is 4.01. The van der Waals surface area contributed by atoms with Crippen molar-refractivity contribution in [2.24, 2.45) is 5.92 Å². The summed E-state index contributed by atoms with van der Waals surface area (Å²) in [6.07, 6.45) is 7.04. The molecule has 15 nitrogen and oxygen atoms in total. The summed E-state index contributed by atoms with van der Waals surface area (Å²) in [5, 5.41) is 5.88. The molecule has 4 amide bonds. The zero-order valence-corrected chi connectivity index (χ0v) is 32.4. The van der Waals surface area contributed by atoms with E-state index in [1.54, 1.807) is 12.1 Å². The molecule has 5 atom stereocenters. The number of hydrogen-bond acceptors (Lipinski definition) is 11. The van der Waals surface area contributed by atoms with E-state index in [-0.39, 0.29) is 50.0 Å². The van der Waals surface area contributed by atoms with E-state index in [1.807, 2.05) is 24.3 Å². The maximum atomic E-state index is 14.8. The van der Waals surface area contributed by atoms with Crippen molar-refractivity contribution in [2.45, 2.75) is 99.3 Å². The molecule has 306 valence electrons. The monoisotopic (exact) mass is 817 g/mol. The van der Waals surface area contributed by atoms with Crippen molar-refractivity contribution in [1.82, 2.24) is 25.2 Å². The van der Waals surface area contributed by atoms with E-state index in [1.165, 1.54) is 23.1 Å². The number of carbonyl (C=O) groups excluding carboxylic acids is 4. The summed E-state index contributed by atoms with van der Waals surface area (Å²) in [7, 11) is -3.95. The van der Waals surface area contributed by atoms with Crippen LogP contribution < -0.4 is 20.1 Å². The highest BCUT2D eigenvalue weighted by molar-refractivity contribution is 7.91. The van der Waals surface area contributed by atoms with Crippen molar-refractivity contribution in [3.63, 3.8) is 0 Å². The van der Waals surface area contributed by atoms with Crippen LogP contribution in [0.5, 0.6) is 5.75 Å². The van der Waals surface area contributed by atoms with Crippen molar-refractivity contribution < 1.29 is 50.6 Å². The van der Waals surface area contributed by atoms with Crippen LogP contribution in [0.15, 0.2) is 59.0 Å². The number of allylic oxidation sites excluding steroid dienone is 1. The first-order valence-corrected chi connectivity index (χ1v) is 21.5. The second-order valence-corrected chi connectivity index (χ2v) is 17.9. The van der Waals surface area contributed by atoms with Gasteiger partial charge in [-0.25, -0.2) is 22.6 Å². The molecule has 17 heteroatoms. The summed E-state index contributed by atoms with van der Waals surface area (Å²) >= 11 is 0. The van der Waals surface area contributed by atoms with E-state index >= 15 is 0 Å². The summed E-state index contributed by atoms with van der Waals surface area (Å²) in [6, 6.07) is 8.87. The maximum Gasteiger partial charge on any atom is 0.408 e. The third-order valence-electron chi connectivity index (χ3n) is 11.8. The van der Waals surface area contributed by atoms with Crippen LogP contribution in [0, 0.1) is 11.7 Å². The Morgan fingerprint density at radius 2 is 1.83 bits per heavy atom. The average molecular weight is 818 g/mol. The third kappa shape index (κ3) is 7.45. The standard InChI is InChI=1S/C41H44FN5O10S/c42-24-13-16-30-29(18-24)35(36-34(43-30)28-11-5-6-12-33(28)57-36)55-26-19-32-37(48)45-41(39(50)46-58(52,53)27-14-15-27)20-23(41)8-2-1-7-17-54-22-31(38(49)47(32)21-26)44-40(51)56-25-9-3-4-10-25/h2,5-6,8,11-13,16,18,23,25-27,31-32H,1,3-4,7,9-10,14-15,17,19-22H2,(H,44,51)(H,45,48)(H,46,50)/b8-2-/t23-,26+,31-,32-,41+/m0/s1. The highest BCUT2D eigenvalue weighted by Crippen LogP contribution is 2.46. The largest absolute Gasteiger partial charge is 0.484 e. The number of carbonyl (C=O) groups is 4. The Kier molecular flexibility index (Phi) is 9.98. The lowest BCUT2D eigenvalue weighted by Crippen LogP contribution is -2.59. The number of sulfonamides is 1. The molecule has 5 aliphatic rings. The number of benzene rings is 2. The van der Waals surface area contributed by atoms with Gasteiger partial charge in [0.25, 0.3) is 5.91 Å². The Bertz CT molecular complexity index is 2450. The molecule has 4 aromatic rings. The van der Waals surface area contributed by atoms with Crippen LogP contribution in [-0.4, -0.2) is 97.0 Å². The second kappa shape index (κ2) is 15.1. The molecule has 3 aliphatic carbocycles. The van der Waals surface area contributed by atoms with Gasteiger partial charge >= 0.3 is 6.09 Å². The van der Waals surface area contributed by atoms with Crippen molar-refractivity contribution in [3.8, 4) is 5.75 Å². The molecule has 2 aromatic carbocycles. The van der Waals surface area contributed by atoms with Gasteiger partial charge in [-0.15, -0.1) is 0 Å². The number of alkyl carbamates (subject to hydrolysis) is 1. The lowest BCUT2D eigenvalue weighted by Gasteiger charge is -2.29. The number of aromatic nitrogens is 1. The molecule has 0 bridgehead atoms. The topological polar surface area (TPSA) is 195 Å². The predicted octanol–water partition coefficient (Wildman–Crippen LogP) is 4.51. The molecule has 2 aromatic heterocycles. The van der Waals surface area contributed by atoms with Crippen molar-refractivity contribution in [1.29, 1.82) is 0 Å². The van der Waals surface area contributed by atoms with Gasteiger partial charge in [0, 0.05) is 29.7 Å². The number of nitrogens with one attached hydrogen (secondary N) is 3. The quantitative estimate of drug-likeness (QED) is 0.222. The fourth-order valence-corrected chi connectivity index (χ4v) is 9.79. The molecule has 58 heavy (non-hydrogen) atoms. The number of nitrogens with zero attached hydrogens (tertiary/aromatic N) is 2. The molecular formula is C41H44FN5O10S. The number of amides is 4. The van der Waals surface area contributed by atoms with Gasteiger partial charge in [0.15, 0.2) is 11.3 Å². The smallest absolute Gasteiger partial charge is 0.408 e. The van der Waals surface area contributed by atoms with Crippen LogP contribution in [0.4, 0.5) is 9.18 Å². The van der Waals surface area contributed by atoms with Gasteiger partial charge in [-0.05, 0) is 88.1 Å². The predicted molar refractivity (Wildman–Crippen MR) is 207 cm³/mol. The molecule has 0 spiro atoms. The van der Waals surface area contributed by atoms with Gasteiger partial charge in [0.2, 0.25) is 21.8 Å². The highest BCUT2D eigenvalue weighted by atomic mass is 32.2. The zero-order chi connectivity index (χ0) is 40.2. The van der Waals surface area contributed by atoms with Crippen LogP contribution in [0.1, 0.15) is 64.2 Å². The highest BCUT2D eigenvalue weighted by Gasteiger charge is 2.62. The first-order chi connectivity index (χ1) is 28.0. The minimum Gasteiger partial charge on any atom is -0.484 e. The van der Waals surface area contributed by atoms with E-state index in [2.05, 4.69) is 15.4 Å². The normalized spacial score (nSPS) is 27.6. The summed E-state index contributed by atoms with van der Waals surface area (Å²) in [5.74, 6) is -3.08. The van der Waals surface area contributed by atoms with Crippen LogP contribution in [0.3, 0.4) is 0 Å². The molecule has 2 aliphatic heterocycles. The van der Waals surface area contributed by atoms with Crippen LogP contribution in [0.25, 0.3) is 33.0 Å². The minimum absolute atomic E-state index is 0.0862. The van der Waals surface area contributed by atoms with Gasteiger partial charge in [-0.1, -0.05) is 24.3 Å². The number of hydrogen-bond donors (Lipinski definition) is 3. The van der Waals surface area contributed by atoms with Crippen molar-refractivity contribution >= 4 is 66.8 Å². The number of halogens is 1.